The van der Waals surface area contributed by atoms with Gasteiger partial charge in [0, 0.05) is 30.5 Å². The summed E-state index contributed by atoms with van der Waals surface area (Å²) in [6.07, 6.45) is 1.72. The number of methoxy groups -OCH3 is 1. The topological polar surface area (TPSA) is 99.6 Å². The quantitative estimate of drug-likeness (QED) is 0.378. The molecule has 0 radical (unpaired) electrons. The van der Waals surface area contributed by atoms with E-state index in [9.17, 15) is 9.90 Å². The third kappa shape index (κ3) is 5.59. The van der Waals surface area contributed by atoms with Crippen LogP contribution in [-0.4, -0.2) is 40.1 Å². The van der Waals surface area contributed by atoms with Gasteiger partial charge in [0.25, 0.3) is 11.4 Å². The highest BCUT2D eigenvalue weighted by Crippen LogP contribution is 2.25. The molecule has 0 bridgehead atoms. The lowest BCUT2D eigenvalue weighted by atomic mass is 9.97. The van der Waals surface area contributed by atoms with Gasteiger partial charge in [-0.25, -0.2) is 0 Å². The third-order valence-electron chi connectivity index (χ3n) is 5.31. The molecule has 1 N–H and O–H groups in total. The van der Waals surface area contributed by atoms with Crippen LogP contribution in [0.1, 0.15) is 25.0 Å². The van der Waals surface area contributed by atoms with Crippen LogP contribution in [0.25, 0.3) is 22.8 Å². The maximum Gasteiger partial charge on any atom is 0.258 e. The van der Waals surface area contributed by atoms with E-state index < -0.39 is 5.60 Å². The molecule has 4 aromatic rings. The van der Waals surface area contributed by atoms with Crippen LogP contribution >= 0.6 is 0 Å². The van der Waals surface area contributed by atoms with Crippen molar-refractivity contribution in [2.24, 2.45) is 0 Å². The molecule has 0 saturated carbocycles. The smallest absolute Gasteiger partial charge is 0.258 e. The van der Waals surface area contributed by atoms with Gasteiger partial charge in [-0.3, -0.25) is 4.79 Å². The summed E-state index contributed by atoms with van der Waals surface area (Å²) in [5.41, 5.74) is 2.05. The van der Waals surface area contributed by atoms with E-state index in [2.05, 4.69) is 10.1 Å². The average molecular weight is 462 g/mol. The number of pyridine rings is 1. The Labute approximate surface area is 197 Å². The second-order valence-electron chi connectivity index (χ2n) is 8.43. The second kappa shape index (κ2) is 10.0. The molecule has 8 heteroatoms. The Morgan fingerprint density at radius 2 is 1.79 bits per heavy atom. The zero-order valence-electron chi connectivity index (χ0n) is 19.4. The van der Waals surface area contributed by atoms with Crippen LogP contribution in [0.2, 0.25) is 0 Å². The molecule has 2 aromatic carbocycles. The number of ether oxygens (including phenoxy) is 2. The Hall–Kier alpha value is -3.75. The summed E-state index contributed by atoms with van der Waals surface area (Å²) in [7, 11) is 1.62. The lowest BCUT2D eigenvalue weighted by Crippen LogP contribution is -2.19. The lowest BCUT2D eigenvalue weighted by molar-refractivity contribution is 0.0786. The number of nitrogens with zero attached hydrogens (tertiary/aromatic N) is 3. The van der Waals surface area contributed by atoms with Crippen LogP contribution in [-0.2, 0) is 16.9 Å². The number of hydrogen-bond acceptors (Lipinski definition) is 7. The summed E-state index contributed by atoms with van der Waals surface area (Å²) in [6, 6.07) is 18.1. The maximum atomic E-state index is 12.5. The van der Waals surface area contributed by atoms with E-state index in [0.717, 1.165) is 22.4 Å². The van der Waals surface area contributed by atoms with Crippen molar-refractivity contribution in [1.82, 2.24) is 14.7 Å². The standard InChI is InChI=1S/C26H27N3O5/c1-26(2,31)21-10-7-19(8-11-21)25-27-24(28-34-25)20-9-12-23(30)29(17-20)16-18-5-4-6-22(15-18)33-14-13-32-3/h4-12,15,17,31H,13-14,16H2,1-3H3. The molecule has 0 aliphatic rings. The molecular formula is C26H27N3O5. The summed E-state index contributed by atoms with van der Waals surface area (Å²) in [4.78, 5) is 17.0. The van der Waals surface area contributed by atoms with Crippen LogP contribution < -0.4 is 10.3 Å². The average Bonchev–Trinajstić information content (AvgIpc) is 3.31. The van der Waals surface area contributed by atoms with Gasteiger partial charge in [-0.15, -0.1) is 0 Å². The summed E-state index contributed by atoms with van der Waals surface area (Å²) in [5.74, 6) is 1.46. The highest BCUT2D eigenvalue weighted by Gasteiger charge is 2.17. The molecule has 2 heterocycles. The maximum absolute atomic E-state index is 12.5. The summed E-state index contributed by atoms with van der Waals surface area (Å²) in [5, 5.41) is 14.2. The molecule has 2 aromatic heterocycles. The minimum Gasteiger partial charge on any atom is -0.491 e. The molecule has 0 amide bonds. The first-order valence-electron chi connectivity index (χ1n) is 10.9. The zero-order valence-corrected chi connectivity index (χ0v) is 19.4. The van der Waals surface area contributed by atoms with Gasteiger partial charge in [-0.2, -0.15) is 4.98 Å². The van der Waals surface area contributed by atoms with Gasteiger partial charge < -0.3 is 23.7 Å². The van der Waals surface area contributed by atoms with Gasteiger partial charge in [-0.1, -0.05) is 29.4 Å². The fourth-order valence-corrected chi connectivity index (χ4v) is 3.44. The van der Waals surface area contributed by atoms with Gasteiger partial charge >= 0.3 is 0 Å². The van der Waals surface area contributed by atoms with Crippen molar-refractivity contribution in [3.05, 3.63) is 88.3 Å². The predicted molar refractivity (Wildman–Crippen MR) is 128 cm³/mol. The van der Waals surface area contributed by atoms with Gasteiger partial charge in [0.1, 0.15) is 12.4 Å². The molecule has 0 atom stereocenters. The highest BCUT2D eigenvalue weighted by molar-refractivity contribution is 5.59. The fourth-order valence-electron chi connectivity index (χ4n) is 3.44. The van der Waals surface area contributed by atoms with Gasteiger partial charge in [-0.05, 0) is 55.3 Å². The van der Waals surface area contributed by atoms with Crippen molar-refractivity contribution in [3.63, 3.8) is 0 Å². The Morgan fingerprint density at radius 1 is 1.03 bits per heavy atom. The van der Waals surface area contributed by atoms with E-state index in [-0.39, 0.29) is 5.56 Å². The summed E-state index contributed by atoms with van der Waals surface area (Å²) >= 11 is 0. The van der Waals surface area contributed by atoms with E-state index in [1.807, 2.05) is 48.5 Å². The molecule has 0 spiro atoms. The molecule has 0 fully saturated rings. The van der Waals surface area contributed by atoms with Crippen LogP contribution in [0.3, 0.4) is 0 Å². The molecule has 0 aliphatic carbocycles. The third-order valence-corrected chi connectivity index (χ3v) is 5.31. The number of aliphatic hydroxyl groups is 1. The molecule has 0 saturated heterocycles. The minimum absolute atomic E-state index is 0.139. The normalized spacial score (nSPS) is 11.5. The zero-order chi connectivity index (χ0) is 24.1. The number of aromatic nitrogens is 3. The molecule has 176 valence electrons. The second-order valence-corrected chi connectivity index (χ2v) is 8.43. The first-order chi connectivity index (χ1) is 16.3. The van der Waals surface area contributed by atoms with Crippen molar-refractivity contribution < 1.29 is 19.1 Å². The molecule has 4 rings (SSSR count). The summed E-state index contributed by atoms with van der Waals surface area (Å²) < 4.78 is 17.7. The van der Waals surface area contributed by atoms with Crippen LogP contribution in [0, 0.1) is 0 Å². The number of rotatable bonds is 9. The van der Waals surface area contributed by atoms with Gasteiger partial charge in [0.15, 0.2) is 0 Å². The van der Waals surface area contributed by atoms with Crippen LogP contribution in [0.4, 0.5) is 0 Å². The molecular weight excluding hydrogens is 434 g/mol. The van der Waals surface area contributed by atoms with Gasteiger partial charge in [0.05, 0.1) is 18.8 Å². The SMILES string of the molecule is COCCOc1cccc(Cn2cc(-c3noc(-c4ccc(C(C)(C)O)cc4)n3)ccc2=O)c1. The molecule has 0 unspecified atom stereocenters. The van der Waals surface area contributed by atoms with Crippen molar-refractivity contribution in [2.75, 3.05) is 20.3 Å². The highest BCUT2D eigenvalue weighted by atomic mass is 16.5. The largest absolute Gasteiger partial charge is 0.491 e. The fraction of sp³-hybridized carbons (Fsp3) is 0.269. The predicted octanol–water partition coefficient (Wildman–Crippen LogP) is 3.87. The van der Waals surface area contributed by atoms with E-state index >= 15 is 0 Å². The lowest BCUT2D eigenvalue weighted by Gasteiger charge is -2.17. The first kappa shape index (κ1) is 23.4. The van der Waals surface area contributed by atoms with E-state index in [1.165, 1.54) is 6.07 Å². The number of benzene rings is 2. The van der Waals surface area contributed by atoms with Crippen molar-refractivity contribution in [1.29, 1.82) is 0 Å². The van der Waals surface area contributed by atoms with Gasteiger partial charge in [0.2, 0.25) is 5.82 Å². The summed E-state index contributed by atoms with van der Waals surface area (Å²) in [6.45, 7) is 4.79. The Balaban J connectivity index is 1.53. The number of hydrogen-bond donors (Lipinski definition) is 1. The van der Waals surface area contributed by atoms with Crippen molar-refractivity contribution in [2.45, 2.75) is 26.0 Å². The van der Waals surface area contributed by atoms with E-state index in [4.69, 9.17) is 14.0 Å². The monoisotopic (exact) mass is 461 g/mol. The Morgan fingerprint density at radius 3 is 2.53 bits per heavy atom. The van der Waals surface area contributed by atoms with Crippen LogP contribution in [0.15, 0.2) is 76.2 Å². The molecule has 34 heavy (non-hydrogen) atoms. The van der Waals surface area contributed by atoms with Crippen molar-refractivity contribution >= 4 is 0 Å². The molecule has 8 nitrogen and oxygen atoms in total. The Bertz CT molecular complexity index is 1300. The first-order valence-corrected chi connectivity index (χ1v) is 10.9. The minimum atomic E-state index is -0.929. The van der Waals surface area contributed by atoms with E-state index in [1.54, 1.807) is 37.8 Å². The van der Waals surface area contributed by atoms with Crippen LogP contribution in [0.5, 0.6) is 5.75 Å². The molecule has 0 aliphatic heterocycles. The van der Waals surface area contributed by atoms with Crippen molar-refractivity contribution in [3.8, 4) is 28.6 Å². The Kier molecular flexibility index (Phi) is 6.90. The van der Waals surface area contributed by atoms with E-state index in [0.29, 0.717) is 37.0 Å².